The number of anilines is 1. The van der Waals surface area contributed by atoms with Crippen LogP contribution in [0.4, 0.5) is 5.69 Å². The fourth-order valence-electron chi connectivity index (χ4n) is 3.39. The predicted molar refractivity (Wildman–Crippen MR) is 74.4 cm³/mol. The van der Waals surface area contributed by atoms with Crippen molar-refractivity contribution in [2.45, 2.75) is 38.3 Å². The number of benzene rings is 1. The van der Waals surface area contributed by atoms with Crippen LogP contribution in [0.1, 0.15) is 24.8 Å². The molecule has 2 heterocycles. The maximum Gasteiger partial charge on any atom is 0.141 e. The molecule has 2 saturated heterocycles. The molecule has 2 aliphatic rings. The van der Waals surface area contributed by atoms with Crippen LogP contribution in [0, 0.1) is 6.92 Å². The van der Waals surface area contributed by atoms with Crippen LogP contribution < -0.4 is 10.1 Å². The van der Waals surface area contributed by atoms with Crippen LogP contribution in [0.2, 0.25) is 0 Å². The van der Waals surface area contributed by atoms with Crippen molar-refractivity contribution in [1.29, 1.82) is 0 Å². The number of methoxy groups -OCH3 is 1. The van der Waals surface area contributed by atoms with E-state index in [1.165, 1.54) is 37.9 Å². The minimum absolute atomic E-state index is 0.586. The van der Waals surface area contributed by atoms with Gasteiger partial charge in [0.2, 0.25) is 0 Å². The molecule has 3 nitrogen and oxygen atoms in total. The summed E-state index contributed by atoms with van der Waals surface area (Å²) >= 11 is 0. The SMILES string of the molecule is COc1ccc(C)cc1NC1CCN2CCCC12. The molecule has 0 bridgehead atoms. The van der Waals surface area contributed by atoms with E-state index in [9.17, 15) is 0 Å². The van der Waals surface area contributed by atoms with Gasteiger partial charge in [-0.3, -0.25) is 4.90 Å². The number of rotatable bonds is 3. The Morgan fingerprint density at radius 3 is 3.00 bits per heavy atom. The maximum absolute atomic E-state index is 5.45. The summed E-state index contributed by atoms with van der Waals surface area (Å²) in [6.45, 7) is 4.66. The molecule has 0 amide bonds. The lowest BCUT2D eigenvalue weighted by Gasteiger charge is -2.23. The van der Waals surface area contributed by atoms with E-state index < -0.39 is 0 Å². The Balaban J connectivity index is 1.78. The molecule has 98 valence electrons. The lowest BCUT2D eigenvalue weighted by molar-refractivity contribution is 0.318. The van der Waals surface area contributed by atoms with Crippen molar-refractivity contribution in [1.82, 2.24) is 4.90 Å². The van der Waals surface area contributed by atoms with Gasteiger partial charge in [-0.2, -0.15) is 0 Å². The molecule has 18 heavy (non-hydrogen) atoms. The summed E-state index contributed by atoms with van der Waals surface area (Å²) in [6.07, 6.45) is 3.95. The second-order valence-corrected chi connectivity index (χ2v) is 5.49. The van der Waals surface area contributed by atoms with Crippen molar-refractivity contribution in [2.75, 3.05) is 25.5 Å². The van der Waals surface area contributed by atoms with Crippen molar-refractivity contribution in [3.8, 4) is 5.75 Å². The maximum atomic E-state index is 5.45. The van der Waals surface area contributed by atoms with Gasteiger partial charge in [-0.1, -0.05) is 6.07 Å². The fourth-order valence-corrected chi connectivity index (χ4v) is 3.39. The van der Waals surface area contributed by atoms with Gasteiger partial charge in [0.1, 0.15) is 5.75 Å². The zero-order chi connectivity index (χ0) is 12.5. The largest absolute Gasteiger partial charge is 0.495 e. The van der Waals surface area contributed by atoms with Crippen molar-refractivity contribution in [3.05, 3.63) is 23.8 Å². The van der Waals surface area contributed by atoms with Crippen LogP contribution in [-0.2, 0) is 0 Å². The van der Waals surface area contributed by atoms with Crippen LogP contribution in [0.15, 0.2) is 18.2 Å². The fraction of sp³-hybridized carbons (Fsp3) is 0.600. The molecule has 2 aliphatic heterocycles. The smallest absolute Gasteiger partial charge is 0.141 e. The molecular formula is C15H22N2O. The van der Waals surface area contributed by atoms with E-state index in [-0.39, 0.29) is 0 Å². The highest BCUT2D eigenvalue weighted by Crippen LogP contribution is 2.33. The van der Waals surface area contributed by atoms with E-state index in [4.69, 9.17) is 4.74 Å². The minimum atomic E-state index is 0.586. The molecule has 1 aromatic rings. The van der Waals surface area contributed by atoms with E-state index in [1.807, 2.05) is 0 Å². The molecule has 0 radical (unpaired) electrons. The molecule has 0 aliphatic carbocycles. The zero-order valence-corrected chi connectivity index (χ0v) is 11.3. The third-order valence-electron chi connectivity index (χ3n) is 4.30. The number of hydrogen-bond acceptors (Lipinski definition) is 3. The Morgan fingerprint density at radius 1 is 1.28 bits per heavy atom. The first-order chi connectivity index (χ1) is 8.78. The Bertz CT molecular complexity index is 433. The number of nitrogens with one attached hydrogen (secondary N) is 1. The van der Waals surface area contributed by atoms with Crippen molar-refractivity contribution < 1.29 is 4.74 Å². The van der Waals surface area contributed by atoms with Crippen molar-refractivity contribution in [2.24, 2.45) is 0 Å². The number of aryl methyl sites for hydroxylation is 1. The first-order valence-corrected chi connectivity index (χ1v) is 6.93. The van der Waals surface area contributed by atoms with E-state index >= 15 is 0 Å². The van der Waals surface area contributed by atoms with Crippen LogP contribution >= 0.6 is 0 Å². The van der Waals surface area contributed by atoms with Crippen molar-refractivity contribution >= 4 is 5.69 Å². The zero-order valence-electron chi connectivity index (χ0n) is 11.3. The van der Waals surface area contributed by atoms with E-state index in [0.29, 0.717) is 6.04 Å². The molecule has 3 heteroatoms. The molecule has 0 aromatic heterocycles. The lowest BCUT2D eigenvalue weighted by Crippen LogP contribution is -2.33. The summed E-state index contributed by atoms with van der Waals surface area (Å²) < 4.78 is 5.45. The highest BCUT2D eigenvalue weighted by molar-refractivity contribution is 5.58. The van der Waals surface area contributed by atoms with Gasteiger partial charge in [0, 0.05) is 18.6 Å². The number of nitrogens with zero attached hydrogens (tertiary/aromatic N) is 1. The normalized spacial score (nSPS) is 27.2. The summed E-state index contributed by atoms with van der Waals surface area (Å²) in [7, 11) is 1.74. The highest BCUT2D eigenvalue weighted by atomic mass is 16.5. The molecule has 0 saturated carbocycles. The number of fused-ring (bicyclic) bond motifs is 1. The first-order valence-electron chi connectivity index (χ1n) is 6.93. The topological polar surface area (TPSA) is 24.5 Å². The van der Waals surface area contributed by atoms with Crippen molar-refractivity contribution in [3.63, 3.8) is 0 Å². The summed E-state index contributed by atoms with van der Waals surface area (Å²) in [4.78, 5) is 2.62. The molecule has 2 unspecified atom stereocenters. The number of ether oxygens (including phenoxy) is 1. The molecule has 3 rings (SSSR count). The molecule has 1 aromatic carbocycles. The van der Waals surface area contributed by atoms with E-state index in [2.05, 4.69) is 35.3 Å². The van der Waals surface area contributed by atoms with Crippen LogP contribution in [0.25, 0.3) is 0 Å². The Kier molecular flexibility index (Phi) is 3.16. The average Bonchev–Trinajstić information content (AvgIpc) is 2.94. The third-order valence-corrected chi connectivity index (χ3v) is 4.30. The van der Waals surface area contributed by atoms with Gasteiger partial charge >= 0.3 is 0 Å². The van der Waals surface area contributed by atoms with Gasteiger partial charge in [-0.25, -0.2) is 0 Å². The molecule has 1 N–H and O–H groups in total. The van der Waals surface area contributed by atoms with Crippen LogP contribution in [0.5, 0.6) is 5.75 Å². The monoisotopic (exact) mass is 246 g/mol. The van der Waals surface area contributed by atoms with Gasteiger partial charge in [0.05, 0.1) is 12.8 Å². The molecule has 0 spiro atoms. The number of hydrogen-bond donors (Lipinski definition) is 1. The van der Waals surface area contributed by atoms with Gasteiger partial charge in [0.15, 0.2) is 0 Å². The summed E-state index contributed by atoms with van der Waals surface area (Å²) in [6, 6.07) is 7.66. The van der Waals surface area contributed by atoms with Crippen LogP contribution in [0.3, 0.4) is 0 Å². The average molecular weight is 246 g/mol. The molecule has 2 fully saturated rings. The molecule has 2 atom stereocenters. The quantitative estimate of drug-likeness (QED) is 0.887. The Hall–Kier alpha value is -1.22. The van der Waals surface area contributed by atoms with E-state index in [0.717, 1.165) is 17.5 Å². The van der Waals surface area contributed by atoms with Crippen LogP contribution in [-0.4, -0.2) is 37.2 Å². The van der Waals surface area contributed by atoms with E-state index in [1.54, 1.807) is 7.11 Å². The Labute approximate surface area is 109 Å². The predicted octanol–water partition coefficient (Wildman–Crippen LogP) is 2.65. The van der Waals surface area contributed by atoms with Gasteiger partial charge < -0.3 is 10.1 Å². The standard InChI is InChI=1S/C15H22N2O/c1-11-5-6-15(18-2)13(10-11)16-12-7-9-17-8-3-4-14(12)17/h5-6,10,12,14,16H,3-4,7-9H2,1-2H3. The summed E-state index contributed by atoms with van der Waals surface area (Å²) in [5.41, 5.74) is 2.43. The third kappa shape index (κ3) is 2.07. The molecular weight excluding hydrogens is 224 g/mol. The highest BCUT2D eigenvalue weighted by Gasteiger charge is 2.37. The summed E-state index contributed by atoms with van der Waals surface area (Å²) in [5, 5.41) is 3.71. The first kappa shape index (κ1) is 11.8. The Morgan fingerprint density at radius 2 is 2.17 bits per heavy atom. The second kappa shape index (κ2) is 4.81. The van der Waals surface area contributed by atoms with Gasteiger partial charge in [-0.15, -0.1) is 0 Å². The second-order valence-electron chi connectivity index (χ2n) is 5.49. The van der Waals surface area contributed by atoms with Gasteiger partial charge in [0.25, 0.3) is 0 Å². The lowest BCUT2D eigenvalue weighted by atomic mass is 10.1. The minimum Gasteiger partial charge on any atom is -0.495 e. The summed E-state index contributed by atoms with van der Waals surface area (Å²) in [5.74, 6) is 0.956. The van der Waals surface area contributed by atoms with Gasteiger partial charge in [-0.05, 0) is 50.4 Å².